The summed E-state index contributed by atoms with van der Waals surface area (Å²) in [6.45, 7) is 8.58. The van der Waals surface area contributed by atoms with E-state index in [4.69, 9.17) is 0 Å². The zero-order valence-corrected chi connectivity index (χ0v) is 15.1. The molecular weight excluding hydrogens is 306 g/mol. The summed E-state index contributed by atoms with van der Waals surface area (Å²) in [7, 11) is -1.04. The SMILES string of the molecule is C=C1[C@@H]2CC[C@@]1(C)[C@](O)(CS(=O)(=NC)c1ccccc1)C[C@H]2C. The van der Waals surface area contributed by atoms with Crippen molar-refractivity contribution in [3.8, 4) is 0 Å². The van der Waals surface area contributed by atoms with Crippen LogP contribution < -0.4 is 0 Å². The number of fused-ring (bicyclic) bond motifs is 2. The van der Waals surface area contributed by atoms with Crippen molar-refractivity contribution in [3.05, 3.63) is 42.5 Å². The maximum Gasteiger partial charge on any atom is 0.0867 e. The van der Waals surface area contributed by atoms with Gasteiger partial charge in [0.1, 0.15) is 0 Å². The molecule has 1 unspecified atom stereocenters. The third-order valence-corrected chi connectivity index (χ3v) is 8.79. The van der Waals surface area contributed by atoms with Crippen molar-refractivity contribution in [1.29, 1.82) is 0 Å². The predicted molar refractivity (Wildman–Crippen MR) is 94.8 cm³/mol. The fourth-order valence-electron chi connectivity index (χ4n) is 4.68. The van der Waals surface area contributed by atoms with Crippen molar-refractivity contribution in [1.82, 2.24) is 0 Å². The van der Waals surface area contributed by atoms with Gasteiger partial charge in [0.25, 0.3) is 0 Å². The predicted octanol–water partition coefficient (Wildman–Crippen LogP) is 3.89. The Hall–Kier alpha value is -1.13. The van der Waals surface area contributed by atoms with E-state index in [-0.39, 0.29) is 11.2 Å². The lowest BCUT2D eigenvalue weighted by Gasteiger charge is -2.50. The number of rotatable bonds is 3. The lowest BCUT2D eigenvalue weighted by molar-refractivity contribution is -0.0641. The first kappa shape index (κ1) is 16.7. The first-order valence-corrected chi connectivity index (χ1v) is 10.0. The molecule has 0 spiro atoms. The first-order valence-electron chi connectivity index (χ1n) is 8.35. The van der Waals surface area contributed by atoms with Gasteiger partial charge in [0.2, 0.25) is 0 Å². The molecule has 1 aromatic rings. The lowest BCUT2D eigenvalue weighted by atomic mass is 9.61. The number of benzene rings is 1. The van der Waals surface area contributed by atoms with Gasteiger partial charge < -0.3 is 5.11 Å². The highest BCUT2D eigenvalue weighted by Gasteiger charge is 2.59. The molecule has 2 aliphatic carbocycles. The molecule has 4 heteroatoms. The summed E-state index contributed by atoms with van der Waals surface area (Å²) >= 11 is 0. The van der Waals surface area contributed by atoms with Crippen LogP contribution in [0.1, 0.15) is 33.1 Å². The van der Waals surface area contributed by atoms with Gasteiger partial charge in [0.15, 0.2) is 0 Å². The zero-order valence-electron chi connectivity index (χ0n) is 14.3. The Bertz CT molecular complexity index is 735. The van der Waals surface area contributed by atoms with Gasteiger partial charge in [0, 0.05) is 17.4 Å². The average Bonchev–Trinajstić information content (AvgIpc) is 2.80. The molecule has 3 rings (SSSR count). The Balaban J connectivity index is 2.04. The Labute approximate surface area is 140 Å². The van der Waals surface area contributed by atoms with Crippen LogP contribution in [0.25, 0.3) is 0 Å². The van der Waals surface area contributed by atoms with Gasteiger partial charge in [-0.1, -0.05) is 44.2 Å². The highest BCUT2D eigenvalue weighted by molar-refractivity contribution is 7.93. The molecule has 0 heterocycles. The van der Waals surface area contributed by atoms with E-state index in [1.807, 2.05) is 30.3 Å². The molecule has 0 saturated heterocycles. The smallest absolute Gasteiger partial charge is 0.0867 e. The molecule has 23 heavy (non-hydrogen) atoms. The Kier molecular flexibility index (Phi) is 3.96. The van der Waals surface area contributed by atoms with Gasteiger partial charge in [-0.3, -0.25) is 0 Å². The van der Waals surface area contributed by atoms with E-state index in [1.165, 1.54) is 0 Å². The van der Waals surface area contributed by atoms with Crippen LogP contribution in [0, 0.1) is 17.3 Å². The van der Waals surface area contributed by atoms with E-state index in [9.17, 15) is 9.32 Å². The van der Waals surface area contributed by atoms with E-state index in [0.29, 0.717) is 23.2 Å². The minimum Gasteiger partial charge on any atom is -0.388 e. The summed E-state index contributed by atoms with van der Waals surface area (Å²) in [4.78, 5) is 0.706. The first-order chi connectivity index (χ1) is 10.8. The Morgan fingerprint density at radius 1 is 1.39 bits per heavy atom. The molecule has 126 valence electrons. The molecule has 1 aromatic carbocycles. The molecule has 0 aromatic heterocycles. The topological polar surface area (TPSA) is 49.7 Å². The summed E-state index contributed by atoms with van der Waals surface area (Å²) in [6, 6.07) is 9.35. The molecule has 0 radical (unpaired) electrons. The largest absolute Gasteiger partial charge is 0.388 e. The number of hydrogen-bond donors (Lipinski definition) is 1. The molecule has 0 amide bonds. The molecule has 5 atom stereocenters. The van der Waals surface area contributed by atoms with Crippen LogP contribution in [-0.4, -0.2) is 27.7 Å². The number of nitrogens with zero attached hydrogens (tertiary/aromatic N) is 1. The van der Waals surface area contributed by atoms with Crippen LogP contribution in [0.3, 0.4) is 0 Å². The number of aliphatic hydroxyl groups is 1. The van der Waals surface area contributed by atoms with E-state index in [1.54, 1.807) is 7.05 Å². The van der Waals surface area contributed by atoms with Crippen molar-refractivity contribution in [2.75, 3.05) is 12.8 Å². The van der Waals surface area contributed by atoms with Gasteiger partial charge in [-0.05, 0) is 43.2 Å². The highest BCUT2D eigenvalue weighted by Crippen LogP contribution is 2.61. The minimum atomic E-state index is -2.64. The fraction of sp³-hybridized carbons (Fsp3) is 0.579. The summed E-state index contributed by atoms with van der Waals surface area (Å²) < 4.78 is 17.7. The van der Waals surface area contributed by atoms with Crippen molar-refractivity contribution >= 4 is 9.73 Å². The Morgan fingerprint density at radius 2 is 2.04 bits per heavy atom. The Morgan fingerprint density at radius 3 is 2.65 bits per heavy atom. The van der Waals surface area contributed by atoms with Gasteiger partial charge in [-0.25, -0.2) is 8.57 Å². The second-order valence-corrected chi connectivity index (χ2v) is 9.90. The van der Waals surface area contributed by atoms with E-state index < -0.39 is 15.3 Å². The normalized spacial score (nSPS) is 39.0. The molecule has 2 saturated carbocycles. The minimum absolute atomic E-state index is 0.188. The molecule has 2 fully saturated rings. The van der Waals surface area contributed by atoms with Crippen molar-refractivity contribution in [2.24, 2.45) is 21.6 Å². The number of hydrogen-bond acceptors (Lipinski definition) is 3. The van der Waals surface area contributed by atoms with Crippen LogP contribution in [0.2, 0.25) is 0 Å². The van der Waals surface area contributed by atoms with E-state index in [2.05, 4.69) is 24.8 Å². The molecule has 1 N–H and O–H groups in total. The molecule has 2 bridgehead atoms. The maximum absolute atomic E-state index is 13.5. The van der Waals surface area contributed by atoms with Gasteiger partial charge in [0.05, 0.1) is 21.1 Å². The summed E-state index contributed by atoms with van der Waals surface area (Å²) in [6.07, 6.45) is 2.67. The van der Waals surface area contributed by atoms with Crippen LogP contribution in [0.5, 0.6) is 0 Å². The van der Waals surface area contributed by atoms with Crippen LogP contribution in [0.15, 0.2) is 51.7 Å². The third kappa shape index (κ3) is 2.38. The average molecular weight is 333 g/mol. The van der Waals surface area contributed by atoms with Crippen LogP contribution in [-0.2, 0) is 9.73 Å². The van der Waals surface area contributed by atoms with E-state index in [0.717, 1.165) is 18.4 Å². The zero-order chi connectivity index (χ0) is 16.9. The maximum atomic E-state index is 13.5. The van der Waals surface area contributed by atoms with Gasteiger partial charge >= 0.3 is 0 Å². The molecular formula is C19H27NO2S. The molecule has 0 aliphatic heterocycles. The summed E-state index contributed by atoms with van der Waals surface area (Å²) in [5, 5.41) is 11.6. The van der Waals surface area contributed by atoms with Gasteiger partial charge in [-0.15, -0.1) is 0 Å². The van der Waals surface area contributed by atoms with E-state index >= 15 is 0 Å². The van der Waals surface area contributed by atoms with Crippen molar-refractivity contribution in [2.45, 2.75) is 43.6 Å². The third-order valence-electron chi connectivity index (χ3n) is 6.33. The van der Waals surface area contributed by atoms with Crippen LogP contribution in [0.4, 0.5) is 0 Å². The monoisotopic (exact) mass is 333 g/mol. The quantitative estimate of drug-likeness (QED) is 0.853. The van der Waals surface area contributed by atoms with Crippen LogP contribution >= 0.6 is 0 Å². The van der Waals surface area contributed by atoms with Gasteiger partial charge in [-0.2, -0.15) is 0 Å². The second-order valence-electron chi connectivity index (χ2n) is 7.50. The highest BCUT2D eigenvalue weighted by atomic mass is 32.2. The summed E-state index contributed by atoms with van der Waals surface area (Å²) in [5.74, 6) is 1.05. The second kappa shape index (κ2) is 5.45. The molecule has 3 nitrogen and oxygen atoms in total. The summed E-state index contributed by atoms with van der Waals surface area (Å²) in [5.41, 5.74) is -0.223. The fourth-order valence-corrected chi connectivity index (χ4v) is 6.85. The standard InChI is InChI=1S/C19H27NO2S/c1-14-12-19(21,18(3)11-10-17(14)15(18)2)13-23(22,20-4)16-8-6-5-7-9-16/h5-9,14,17,21H,2,10-13H2,1,3-4H3/t14-,17-,18-,19-,23?/m1/s1. The van der Waals surface area contributed by atoms with Crippen molar-refractivity contribution < 1.29 is 9.32 Å². The molecule has 2 aliphatic rings. The van der Waals surface area contributed by atoms with Crippen molar-refractivity contribution in [3.63, 3.8) is 0 Å². The lowest BCUT2D eigenvalue weighted by Crippen LogP contribution is -2.54.